The van der Waals surface area contributed by atoms with Crippen LogP contribution in [0.1, 0.15) is 24.4 Å². The van der Waals surface area contributed by atoms with Gasteiger partial charge in [-0.25, -0.2) is 4.68 Å². The summed E-state index contributed by atoms with van der Waals surface area (Å²) in [5, 5.41) is 14.4. The lowest BCUT2D eigenvalue weighted by Crippen LogP contribution is -2.40. The zero-order valence-electron chi connectivity index (χ0n) is 17.1. The zero-order valence-corrected chi connectivity index (χ0v) is 17.1. The summed E-state index contributed by atoms with van der Waals surface area (Å²) in [4.78, 5) is 13.8. The van der Waals surface area contributed by atoms with Crippen LogP contribution in [-0.4, -0.2) is 33.7 Å². The van der Waals surface area contributed by atoms with Crippen molar-refractivity contribution in [3.05, 3.63) is 72.8 Å². The zero-order chi connectivity index (χ0) is 21.8. The number of nitrogen functional groups attached to an aromatic ring is 1. The Hall–Kier alpha value is -4.05. The number of rotatable bonds is 5. The van der Waals surface area contributed by atoms with Gasteiger partial charge < -0.3 is 15.4 Å². The molecule has 1 aliphatic rings. The smallest absolute Gasteiger partial charge is 0.246 e. The van der Waals surface area contributed by atoms with Crippen molar-refractivity contribution in [2.45, 2.75) is 18.9 Å². The number of carbonyl (C=O) groups is 1. The number of hydrogen-bond donors (Lipinski definition) is 1. The average molecular weight is 413 g/mol. The van der Waals surface area contributed by atoms with Crippen molar-refractivity contribution in [2.24, 2.45) is 0 Å². The Labute approximate surface area is 181 Å². The van der Waals surface area contributed by atoms with Crippen LogP contribution in [-0.2, 0) is 4.79 Å². The molecule has 0 bridgehead atoms. The van der Waals surface area contributed by atoms with Crippen LogP contribution in [0.5, 0.6) is 11.5 Å². The van der Waals surface area contributed by atoms with E-state index in [1.165, 1.54) is 6.08 Å². The minimum Gasteiger partial charge on any atom is -0.457 e. The number of piperidine rings is 1. The van der Waals surface area contributed by atoms with E-state index in [-0.39, 0.29) is 11.9 Å². The van der Waals surface area contributed by atoms with Gasteiger partial charge in [0.05, 0.1) is 6.04 Å². The Morgan fingerprint density at radius 1 is 1.19 bits per heavy atom. The van der Waals surface area contributed by atoms with Crippen LogP contribution in [0.3, 0.4) is 0 Å². The van der Waals surface area contributed by atoms with Crippen molar-refractivity contribution in [1.82, 2.24) is 14.7 Å². The third-order valence-electron chi connectivity index (χ3n) is 5.39. The number of likely N-dealkylation sites (tertiary alicyclic amines) is 1. The predicted molar refractivity (Wildman–Crippen MR) is 118 cm³/mol. The van der Waals surface area contributed by atoms with Gasteiger partial charge >= 0.3 is 0 Å². The first-order valence-corrected chi connectivity index (χ1v) is 10.1. The van der Waals surface area contributed by atoms with E-state index in [4.69, 9.17) is 10.5 Å². The third-order valence-corrected chi connectivity index (χ3v) is 5.39. The number of nitrogens with two attached hydrogens (primary N) is 1. The first-order valence-electron chi connectivity index (χ1n) is 10.1. The lowest BCUT2D eigenvalue weighted by atomic mass is 10.1. The number of aromatic nitrogens is 2. The number of para-hydroxylation sites is 1. The molecule has 0 radical (unpaired) electrons. The number of benzene rings is 2. The molecular formula is C24H23N5O2. The summed E-state index contributed by atoms with van der Waals surface area (Å²) in [5.74, 6) is 1.65. The summed E-state index contributed by atoms with van der Waals surface area (Å²) < 4.78 is 7.52. The summed E-state index contributed by atoms with van der Waals surface area (Å²) in [7, 11) is 0. The van der Waals surface area contributed by atoms with Gasteiger partial charge in [0.1, 0.15) is 34.6 Å². The van der Waals surface area contributed by atoms with E-state index in [9.17, 15) is 10.1 Å². The molecule has 0 saturated carbocycles. The number of nitriles is 1. The van der Waals surface area contributed by atoms with E-state index in [0.29, 0.717) is 35.9 Å². The maximum absolute atomic E-state index is 12.0. The predicted octanol–water partition coefficient (Wildman–Crippen LogP) is 4.15. The molecule has 2 aromatic carbocycles. The highest BCUT2D eigenvalue weighted by molar-refractivity contribution is 5.87. The van der Waals surface area contributed by atoms with Crippen LogP contribution < -0.4 is 10.5 Å². The van der Waals surface area contributed by atoms with E-state index < -0.39 is 0 Å². The van der Waals surface area contributed by atoms with Crippen LogP contribution in [0, 0.1) is 11.3 Å². The van der Waals surface area contributed by atoms with E-state index in [2.05, 4.69) is 17.7 Å². The van der Waals surface area contributed by atoms with Gasteiger partial charge in [-0.15, -0.1) is 0 Å². The fourth-order valence-corrected chi connectivity index (χ4v) is 3.83. The molecule has 1 atom stereocenters. The van der Waals surface area contributed by atoms with Crippen LogP contribution in [0.25, 0.3) is 11.3 Å². The highest BCUT2D eigenvalue weighted by Gasteiger charge is 2.28. The van der Waals surface area contributed by atoms with Crippen LogP contribution in [0.4, 0.5) is 5.82 Å². The van der Waals surface area contributed by atoms with Crippen molar-refractivity contribution in [2.75, 3.05) is 18.8 Å². The van der Waals surface area contributed by atoms with Gasteiger partial charge in [-0.1, -0.05) is 24.8 Å². The highest BCUT2D eigenvalue weighted by Crippen LogP contribution is 2.33. The topological polar surface area (TPSA) is 97.2 Å². The Morgan fingerprint density at radius 3 is 2.58 bits per heavy atom. The van der Waals surface area contributed by atoms with Gasteiger partial charge in [-0.05, 0) is 55.3 Å². The molecule has 1 saturated heterocycles. The molecule has 1 unspecified atom stereocenters. The molecule has 7 heteroatoms. The van der Waals surface area contributed by atoms with E-state index in [1.807, 2.05) is 54.6 Å². The first kappa shape index (κ1) is 20.2. The van der Waals surface area contributed by atoms with Crippen LogP contribution >= 0.6 is 0 Å². The summed E-state index contributed by atoms with van der Waals surface area (Å²) >= 11 is 0. The van der Waals surface area contributed by atoms with Crippen molar-refractivity contribution >= 4 is 11.7 Å². The van der Waals surface area contributed by atoms with E-state index >= 15 is 0 Å². The molecule has 2 N–H and O–H groups in total. The maximum Gasteiger partial charge on any atom is 0.246 e. The summed E-state index contributed by atoms with van der Waals surface area (Å²) in [5.41, 5.74) is 7.94. The SMILES string of the molecule is C=CC(=O)N1CCCC(n2nc(-c3ccc(Oc4ccccc4)cc3)c(C#N)c2N)C1. The van der Waals surface area contributed by atoms with Crippen molar-refractivity contribution in [1.29, 1.82) is 5.26 Å². The summed E-state index contributed by atoms with van der Waals surface area (Å²) in [6.07, 6.45) is 2.99. The molecule has 7 nitrogen and oxygen atoms in total. The Balaban J connectivity index is 1.60. The number of hydrogen-bond acceptors (Lipinski definition) is 5. The lowest BCUT2D eigenvalue weighted by Gasteiger charge is -2.32. The summed E-state index contributed by atoms with van der Waals surface area (Å²) in [6, 6.07) is 19.0. The first-order chi connectivity index (χ1) is 15.1. The van der Waals surface area contributed by atoms with Gasteiger partial charge in [-0.3, -0.25) is 4.79 Å². The summed E-state index contributed by atoms with van der Waals surface area (Å²) in [6.45, 7) is 4.74. The fourth-order valence-electron chi connectivity index (χ4n) is 3.83. The monoisotopic (exact) mass is 413 g/mol. The molecule has 0 spiro atoms. The number of anilines is 1. The standard InChI is InChI=1S/C24H23N5O2/c1-2-22(30)28-14-6-7-18(16-28)29-24(26)21(15-25)23(27-29)17-10-12-20(13-11-17)31-19-8-4-3-5-9-19/h2-5,8-13,18H,1,6-7,14,16,26H2. The van der Waals surface area contributed by atoms with Gasteiger partial charge in [0.15, 0.2) is 0 Å². The Kier molecular flexibility index (Phi) is 5.72. The maximum atomic E-state index is 12.0. The van der Waals surface area contributed by atoms with Crippen LogP contribution in [0.2, 0.25) is 0 Å². The van der Waals surface area contributed by atoms with Gasteiger partial charge in [-0.2, -0.15) is 10.4 Å². The molecular weight excluding hydrogens is 390 g/mol. The molecule has 1 amide bonds. The second kappa shape index (κ2) is 8.76. The minimum absolute atomic E-state index is 0.0841. The number of carbonyl (C=O) groups excluding carboxylic acids is 1. The Morgan fingerprint density at radius 2 is 1.90 bits per heavy atom. The normalized spacial score (nSPS) is 15.8. The van der Waals surface area contributed by atoms with Crippen molar-refractivity contribution in [3.63, 3.8) is 0 Å². The van der Waals surface area contributed by atoms with Crippen LogP contribution in [0.15, 0.2) is 67.3 Å². The average Bonchev–Trinajstić information content (AvgIpc) is 3.16. The molecule has 4 rings (SSSR count). The van der Waals surface area contributed by atoms with Gasteiger partial charge in [0.2, 0.25) is 5.91 Å². The van der Waals surface area contributed by atoms with Gasteiger partial charge in [0, 0.05) is 18.7 Å². The number of amides is 1. The van der Waals surface area contributed by atoms with Crippen molar-refractivity contribution < 1.29 is 9.53 Å². The van der Waals surface area contributed by atoms with E-state index in [0.717, 1.165) is 24.2 Å². The quantitative estimate of drug-likeness (QED) is 0.634. The molecule has 156 valence electrons. The second-order valence-electron chi connectivity index (χ2n) is 7.39. The molecule has 1 fully saturated rings. The third kappa shape index (κ3) is 4.14. The highest BCUT2D eigenvalue weighted by atomic mass is 16.5. The minimum atomic E-state index is -0.106. The molecule has 1 aromatic heterocycles. The second-order valence-corrected chi connectivity index (χ2v) is 7.39. The number of ether oxygens (including phenoxy) is 1. The lowest BCUT2D eigenvalue weighted by molar-refractivity contribution is -0.127. The molecule has 31 heavy (non-hydrogen) atoms. The van der Waals surface area contributed by atoms with Crippen molar-refractivity contribution in [3.8, 4) is 28.8 Å². The van der Waals surface area contributed by atoms with Gasteiger partial charge in [0.25, 0.3) is 0 Å². The fraction of sp³-hybridized carbons (Fsp3) is 0.208. The largest absolute Gasteiger partial charge is 0.457 e. The van der Waals surface area contributed by atoms with E-state index in [1.54, 1.807) is 9.58 Å². The molecule has 3 aromatic rings. The Bertz CT molecular complexity index is 1130. The molecule has 0 aliphatic carbocycles. The molecule has 1 aliphatic heterocycles. The number of nitrogens with zero attached hydrogens (tertiary/aromatic N) is 4. The molecule has 2 heterocycles.